The number of halogens is 2. The first-order valence-electron chi connectivity index (χ1n) is 3.71. The van der Waals surface area contributed by atoms with Crippen LogP contribution in [0, 0.1) is 5.82 Å². The van der Waals surface area contributed by atoms with E-state index in [9.17, 15) is 4.39 Å². The Morgan fingerprint density at radius 3 is 2.86 bits per heavy atom. The Morgan fingerprint density at radius 2 is 2.21 bits per heavy atom. The lowest BCUT2D eigenvalue weighted by molar-refractivity contribution is 0.613. The highest BCUT2D eigenvalue weighted by atomic mass is 35.5. The molecular formula is C7H5ClFN5. The highest BCUT2D eigenvalue weighted by Crippen LogP contribution is 2.18. The molecule has 0 unspecified atom stereocenters. The average molecular weight is 214 g/mol. The molecule has 0 N–H and O–H groups in total. The molecule has 5 nitrogen and oxygen atoms in total. The van der Waals surface area contributed by atoms with Gasteiger partial charge in [0.2, 0.25) is 5.28 Å². The van der Waals surface area contributed by atoms with Crippen molar-refractivity contribution in [3.05, 3.63) is 23.5 Å². The van der Waals surface area contributed by atoms with E-state index < -0.39 is 5.82 Å². The van der Waals surface area contributed by atoms with Crippen LogP contribution in [-0.4, -0.2) is 25.0 Å². The van der Waals surface area contributed by atoms with Crippen molar-refractivity contribution in [3.63, 3.8) is 0 Å². The molecule has 72 valence electrons. The summed E-state index contributed by atoms with van der Waals surface area (Å²) < 4.78 is 14.7. The van der Waals surface area contributed by atoms with Crippen LogP contribution in [0.25, 0.3) is 11.4 Å². The summed E-state index contributed by atoms with van der Waals surface area (Å²) in [7, 11) is 1.64. The Morgan fingerprint density at radius 1 is 1.43 bits per heavy atom. The molecule has 14 heavy (non-hydrogen) atoms. The van der Waals surface area contributed by atoms with Crippen molar-refractivity contribution in [1.82, 2.24) is 25.0 Å². The van der Waals surface area contributed by atoms with E-state index in [0.717, 1.165) is 6.20 Å². The van der Waals surface area contributed by atoms with Crippen molar-refractivity contribution in [2.24, 2.45) is 7.05 Å². The molecule has 0 bridgehead atoms. The third-order valence-corrected chi connectivity index (χ3v) is 1.85. The van der Waals surface area contributed by atoms with Gasteiger partial charge in [-0.15, -0.1) is 5.10 Å². The minimum atomic E-state index is -0.556. The maximum atomic E-state index is 13.3. The molecule has 2 heterocycles. The SMILES string of the molecule is Cn1nncc1-c1nc(Cl)ncc1F. The van der Waals surface area contributed by atoms with Crippen LogP contribution in [0.2, 0.25) is 5.28 Å². The molecule has 0 fully saturated rings. The van der Waals surface area contributed by atoms with E-state index in [4.69, 9.17) is 11.6 Å². The Labute approximate surface area is 83.6 Å². The molecule has 0 aliphatic carbocycles. The Hall–Kier alpha value is -1.56. The summed E-state index contributed by atoms with van der Waals surface area (Å²) in [6, 6.07) is 0. The minimum Gasteiger partial charge on any atom is -0.246 e. The van der Waals surface area contributed by atoms with Crippen LogP contribution in [-0.2, 0) is 7.05 Å². The largest absolute Gasteiger partial charge is 0.246 e. The highest BCUT2D eigenvalue weighted by Gasteiger charge is 2.12. The van der Waals surface area contributed by atoms with Gasteiger partial charge in [0.15, 0.2) is 5.82 Å². The topological polar surface area (TPSA) is 56.5 Å². The Balaban J connectivity index is 2.62. The maximum Gasteiger partial charge on any atom is 0.223 e. The van der Waals surface area contributed by atoms with E-state index in [1.54, 1.807) is 7.05 Å². The van der Waals surface area contributed by atoms with Gasteiger partial charge in [-0.25, -0.2) is 19.0 Å². The van der Waals surface area contributed by atoms with Crippen molar-refractivity contribution < 1.29 is 4.39 Å². The Kier molecular flexibility index (Phi) is 2.12. The number of aryl methyl sites for hydroxylation is 1. The van der Waals surface area contributed by atoms with Crippen LogP contribution in [0.4, 0.5) is 4.39 Å². The van der Waals surface area contributed by atoms with Gasteiger partial charge in [0.05, 0.1) is 12.4 Å². The van der Waals surface area contributed by atoms with Gasteiger partial charge in [-0.05, 0) is 11.6 Å². The van der Waals surface area contributed by atoms with Crippen molar-refractivity contribution >= 4 is 11.6 Å². The van der Waals surface area contributed by atoms with Gasteiger partial charge in [0.25, 0.3) is 0 Å². The first-order chi connectivity index (χ1) is 6.68. The highest BCUT2D eigenvalue weighted by molar-refractivity contribution is 6.28. The number of aromatic nitrogens is 5. The molecular weight excluding hydrogens is 209 g/mol. The number of nitrogens with zero attached hydrogens (tertiary/aromatic N) is 5. The lowest BCUT2D eigenvalue weighted by Crippen LogP contribution is -1.99. The number of hydrogen-bond acceptors (Lipinski definition) is 4. The lowest BCUT2D eigenvalue weighted by atomic mass is 10.3. The van der Waals surface area contributed by atoms with Crippen molar-refractivity contribution in [2.45, 2.75) is 0 Å². The molecule has 7 heteroatoms. The van der Waals surface area contributed by atoms with Crippen LogP contribution in [0.3, 0.4) is 0 Å². The fourth-order valence-corrected chi connectivity index (χ4v) is 1.16. The molecule has 2 rings (SSSR count). The quantitative estimate of drug-likeness (QED) is 0.665. The smallest absolute Gasteiger partial charge is 0.223 e. The average Bonchev–Trinajstić information content (AvgIpc) is 2.56. The minimum absolute atomic E-state index is 0.0115. The molecule has 0 spiro atoms. The van der Waals surface area contributed by atoms with Crippen LogP contribution in [0.1, 0.15) is 0 Å². The van der Waals surface area contributed by atoms with Crippen LogP contribution in [0.5, 0.6) is 0 Å². The second-order valence-corrected chi connectivity index (χ2v) is 2.92. The van der Waals surface area contributed by atoms with Gasteiger partial charge in [0.1, 0.15) is 11.4 Å². The maximum absolute atomic E-state index is 13.3. The lowest BCUT2D eigenvalue weighted by Gasteiger charge is -2.00. The number of hydrogen-bond donors (Lipinski definition) is 0. The molecule has 2 aromatic rings. The summed E-state index contributed by atoms with van der Waals surface area (Å²) in [5, 5.41) is 7.26. The number of rotatable bonds is 1. The zero-order valence-corrected chi connectivity index (χ0v) is 7.90. The molecule has 0 aliphatic rings. The van der Waals surface area contributed by atoms with E-state index in [2.05, 4.69) is 20.3 Å². The predicted octanol–water partition coefficient (Wildman–Crippen LogP) is 1.06. The third kappa shape index (κ3) is 1.44. The van der Waals surface area contributed by atoms with Crippen LogP contribution >= 0.6 is 11.6 Å². The standard InChI is InChI=1S/C7H5ClFN5/c1-14-5(3-11-13-14)6-4(9)2-10-7(8)12-6/h2-3H,1H3. The molecule has 2 aromatic heterocycles. The molecule has 0 amide bonds. The molecule has 0 saturated heterocycles. The molecule has 0 saturated carbocycles. The summed E-state index contributed by atoms with van der Waals surface area (Å²) in [6.45, 7) is 0. The normalized spacial score (nSPS) is 10.5. The second kappa shape index (κ2) is 3.30. The van der Waals surface area contributed by atoms with Crippen molar-refractivity contribution in [3.8, 4) is 11.4 Å². The summed E-state index contributed by atoms with van der Waals surface area (Å²) in [5.41, 5.74) is 0.546. The molecule has 0 atom stereocenters. The first-order valence-corrected chi connectivity index (χ1v) is 4.09. The van der Waals surface area contributed by atoms with E-state index in [1.165, 1.54) is 10.9 Å². The van der Waals surface area contributed by atoms with E-state index in [1.807, 2.05) is 0 Å². The fraction of sp³-hybridized carbons (Fsp3) is 0.143. The van der Waals surface area contributed by atoms with Crippen LogP contribution in [0.15, 0.2) is 12.4 Å². The zero-order valence-electron chi connectivity index (χ0n) is 7.15. The van der Waals surface area contributed by atoms with Crippen molar-refractivity contribution in [1.29, 1.82) is 0 Å². The van der Waals surface area contributed by atoms with E-state index in [0.29, 0.717) is 5.69 Å². The summed E-state index contributed by atoms with van der Waals surface area (Å²) in [6.07, 6.45) is 2.42. The summed E-state index contributed by atoms with van der Waals surface area (Å²) in [4.78, 5) is 7.26. The molecule has 0 aliphatic heterocycles. The van der Waals surface area contributed by atoms with Gasteiger partial charge < -0.3 is 0 Å². The van der Waals surface area contributed by atoms with E-state index in [-0.39, 0.29) is 11.0 Å². The van der Waals surface area contributed by atoms with Gasteiger partial charge in [-0.3, -0.25) is 0 Å². The predicted molar refractivity (Wildman–Crippen MR) is 47.0 cm³/mol. The van der Waals surface area contributed by atoms with E-state index >= 15 is 0 Å². The monoisotopic (exact) mass is 213 g/mol. The van der Waals surface area contributed by atoms with Gasteiger partial charge in [0, 0.05) is 7.05 Å². The van der Waals surface area contributed by atoms with Crippen LogP contribution < -0.4 is 0 Å². The second-order valence-electron chi connectivity index (χ2n) is 2.58. The fourth-order valence-electron chi connectivity index (χ4n) is 1.03. The molecule has 0 radical (unpaired) electrons. The van der Waals surface area contributed by atoms with Gasteiger partial charge >= 0.3 is 0 Å². The first kappa shape index (κ1) is 9.01. The molecule has 0 aromatic carbocycles. The summed E-state index contributed by atoms with van der Waals surface area (Å²) in [5.74, 6) is -0.556. The Bertz CT molecular complexity index is 469. The van der Waals surface area contributed by atoms with Crippen molar-refractivity contribution in [2.75, 3.05) is 0 Å². The third-order valence-electron chi connectivity index (χ3n) is 1.67. The van der Waals surface area contributed by atoms with Gasteiger partial charge in [-0.2, -0.15) is 0 Å². The zero-order chi connectivity index (χ0) is 10.1. The van der Waals surface area contributed by atoms with Gasteiger partial charge in [-0.1, -0.05) is 5.21 Å². The summed E-state index contributed by atoms with van der Waals surface area (Å²) >= 11 is 5.55.